The largest absolute Gasteiger partial charge is 0.494 e. The van der Waals surface area contributed by atoms with Gasteiger partial charge in [-0.05, 0) is 30.2 Å². The minimum atomic E-state index is -0.486. The van der Waals surface area contributed by atoms with E-state index in [1.54, 1.807) is 0 Å². The predicted molar refractivity (Wildman–Crippen MR) is 81.6 cm³/mol. The Labute approximate surface area is 125 Å². The van der Waals surface area contributed by atoms with Gasteiger partial charge in [-0.3, -0.25) is 0 Å². The second-order valence-corrected chi connectivity index (χ2v) is 5.32. The fraction of sp³-hybridized carbons (Fsp3) is 0.333. The average Bonchev–Trinajstić information content (AvgIpc) is 2.53. The number of benzene rings is 2. The molecule has 2 aromatic carbocycles. The maximum atomic E-state index is 10.3. The maximum Gasteiger partial charge on any atom is 0.127 e. The van der Waals surface area contributed by atoms with Crippen LogP contribution in [0.25, 0.3) is 0 Å². The number of ether oxygens (including phenoxy) is 2. The van der Waals surface area contributed by atoms with E-state index in [0.717, 1.165) is 29.0 Å². The van der Waals surface area contributed by atoms with Crippen molar-refractivity contribution in [3.63, 3.8) is 0 Å². The smallest absolute Gasteiger partial charge is 0.127 e. The first-order valence-electron chi connectivity index (χ1n) is 7.44. The fourth-order valence-electron chi connectivity index (χ4n) is 2.62. The van der Waals surface area contributed by atoms with Crippen LogP contribution in [-0.2, 0) is 0 Å². The lowest BCUT2D eigenvalue weighted by molar-refractivity contribution is 0.0656. The van der Waals surface area contributed by atoms with Gasteiger partial charge in [-0.25, -0.2) is 0 Å². The highest BCUT2D eigenvalue weighted by molar-refractivity contribution is 5.39. The molecule has 0 fully saturated rings. The van der Waals surface area contributed by atoms with Crippen LogP contribution in [0.5, 0.6) is 11.5 Å². The van der Waals surface area contributed by atoms with Gasteiger partial charge in [-0.1, -0.05) is 37.3 Å². The van der Waals surface area contributed by atoms with Crippen LogP contribution in [0.15, 0.2) is 48.5 Å². The molecule has 3 rings (SSSR count). The summed E-state index contributed by atoms with van der Waals surface area (Å²) >= 11 is 0. The first-order valence-corrected chi connectivity index (χ1v) is 7.44. The summed E-state index contributed by atoms with van der Waals surface area (Å²) in [5.41, 5.74) is 1.91. The molecule has 0 saturated carbocycles. The number of aliphatic hydroxyl groups is 1. The zero-order valence-electron chi connectivity index (χ0n) is 12.2. The molecule has 1 N–H and O–H groups in total. The normalized spacial score (nSPS) is 20.5. The van der Waals surface area contributed by atoms with Crippen molar-refractivity contribution in [2.24, 2.45) is 0 Å². The molecule has 0 amide bonds. The number of hydrogen-bond acceptors (Lipinski definition) is 3. The molecule has 110 valence electrons. The molecular formula is C18H20O3. The summed E-state index contributed by atoms with van der Waals surface area (Å²) in [7, 11) is 0. The van der Waals surface area contributed by atoms with Gasteiger partial charge >= 0.3 is 0 Å². The molecular weight excluding hydrogens is 264 g/mol. The van der Waals surface area contributed by atoms with Gasteiger partial charge in [0.2, 0.25) is 0 Å². The van der Waals surface area contributed by atoms with Gasteiger partial charge in [0.25, 0.3) is 0 Å². The molecule has 21 heavy (non-hydrogen) atoms. The van der Waals surface area contributed by atoms with E-state index in [0.29, 0.717) is 13.0 Å². The van der Waals surface area contributed by atoms with Crippen LogP contribution >= 0.6 is 0 Å². The number of aliphatic hydroxyl groups excluding tert-OH is 1. The molecule has 1 aliphatic heterocycles. The van der Waals surface area contributed by atoms with Crippen molar-refractivity contribution >= 4 is 0 Å². The first-order chi connectivity index (χ1) is 10.3. The zero-order chi connectivity index (χ0) is 14.7. The lowest BCUT2D eigenvalue weighted by Crippen LogP contribution is -2.18. The van der Waals surface area contributed by atoms with E-state index in [-0.39, 0.29) is 6.10 Å². The summed E-state index contributed by atoms with van der Waals surface area (Å²) < 4.78 is 11.7. The standard InChI is InChI=1S/C18H20O3/c1-2-10-20-14-7-5-6-13(11-14)18-12-16(19)15-8-3-4-9-17(15)21-18/h3-9,11,16,18-19H,2,10,12H2,1H3/t16-,18?/m0/s1. The molecule has 3 heteroatoms. The Morgan fingerprint density at radius 2 is 2.05 bits per heavy atom. The molecule has 0 saturated heterocycles. The highest BCUT2D eigenvalue weighted by Gasteiger charge is 2.27. The van der Waals surface area contributed by atoms with Crippen molar-refractivity contribution in [3.05, 3.63) is 59.7 Å². The van der Waals surface area contributed by atoms with Crippen LogP contribution < -0.4 is 9.47 Å². The molecule has 2 atom stereocenters. The highest BCUT2D eigenvalue weighted by atomic mass is 16.5. The SMILES string of the molecule is CCCOc1cccc(C2C[C@H](O)c3ccccc3O2)c1. The summed E-state index contributed by atoms with van der Waals surface area (Å²) in [6.07, 6.45) is 0.921. The van der Waals surface area contributed by atoms with Gasteiger partial charge < -0.3 is 14.6 Å². The van der Waals surface area contributed by atoms with E-state index in [1.165, 1.54) is 0 Å². The number of para-hydroxylation sites is 1. The summed E-state index contributed by atoms with van der Waals surface area (Å²) in [5.74, 6) is 1.62. The van der Waals surface area contributed by atoms with E-state index in [4.69, 9.17) is 9.47 Å². The Hall–Kier alpha value is -2.00. The van der Waals surface area contributed by atoms with E-state index >= 15 is 0 Å². The Morgan fingerprint density at radius 3 is 2.90 bits per heavy atom. The lowest BCUT2D eigenvalue weighted by Gasteiger charge is -2.30. The highest BCUT2D eigenvalue weighted by Crippen LogP contribution is 2.40. The second kappa shape index (κ2) is 6.19. The summed E-state index contributed by atoms with van der Waals surface area (Å²) in [6.45, 7) is 2.79. The van der Waals surface area contributed by atoms with Crippen molar-refractivity contribution in [1.29, 1.82) is 0 Å². The van der Waals surface area contributed by atoms with Gasteiger partial charge in [-0.2, -0.15) is 0 Å². The maximum absolute atomic E-state index is 10.3. The monoisotopic (exact) mass is 284 g/mol. The molecule has 3 nitrogen and oxygen atoms in total. The van der Waals surface area contributed by atoms with Crippen molar-refractivity contribution in [2.75, 3.05) is 6.61 Å². The van der Waals surface area contributed by atoms with Crippen LogP contribution in [0.4, 0.5) is 0 Å². The van der Waals surface area contributed by atoms with E-state index in [1.807, 2.05) is 48.5 Å². The Morgan fingerprint density at radius 1 is 1.19 bits per heavy atom. The van der Waals surface area contributed by atoms with Crippen LogP contribution in [0.2, 0.25) is 0 Å². The van der Waals surface area contributed by atoms with Crippen LogP contribution in [0.3, 0.4) is 0 Å². The van der Waals surface area contributed by atoms with Crippen molar-refractivity contribution in [3.8, 4) is 11.5 Å². The molecule has 0 radical (unpaired) electrons. The summed E-state index contributed by atoms with van der Waals surface area (Å²) in [4.78, 5) is 0. The molecule has 1 heterocycles. The first kappa shape index (κ1) is 14.0. The van der Waals surface area contributed by atoms with Crippen LogP contribution in [0, 0.1) is 0 Å². The Bertz CT molecular complexity index is 609. The third-order valence-corrected chi connectivity index (χ3v) is 3.69. The molecule has 2 aromatic rings. The van der Waals surface area contributed by atoms with Crippen molar-refractivity contribution in [1.82, 2.24) is 0 Å². The molecule has 0 aromatic heterocycles. The zero-order valence-corrected chi connectivity index (χ0v) is 12.2. The molecule has 0 spiro atoms. The minimum Gasteiger partial charge on any atom is -0.494 e. The van der Waals surface area contributed by atoms with Gasteiger partial charge in [0.1, 0.15) is 17.6 Å². The summed E-state index contributed by atoms with van der Waals surface area (Å²) in [5, 5.41) is 10.3. The number of hydrogen-bond donors (Lipinski definition) is 1. The molecule has 0 bridgehead atoms. The van der Waals surface area contributed by atoms with Crippen LogP contribution in [-0.4, -0.2) is 11.7 Å². The Balaban J connectivity index is 1.82. The minimum absolute atomic E-state index is 0.139. The average molecular weight is 284 g/mol. The second-order valence-electron chi connectivity index (χ2n) is 5.32. The van der Waals surface area contributed by atoms with Crippen LogP contribution in [0.1, 0.15) is 43.1 Å². The van der Waals surface area contributed by atoms with E-state index in [9.17, 15) is 5.11 Å². The topological polar surface area (TPSA) is 38.7 Å². The number of fused-ring (bicyclic) bond motifs is 1. The van der Waals surface area contributed by atoms with Gasteiger partial charge in [-0.15, -0.1) is 0 Å². The Kier molecular flexibility index (Phi) is 4.11. The predicted octanol–water partition coefficient (Wildman–Crippen LogP) is 4.03. The molecule has 1 aliphatic rings. The third-order valence-electron chi connectivity index (χ3n) is 3.69. The summed E-state index contributed by atoms with van der Waals surface area (Å²) in [6, 6.07) is 15.6. The van der Waals surface area contributed by atoms with Gasteiger partial charge in [0.05, 0.1) is 12.7 Å². The van der Waals surface area contributed by atoms with E-state index in [2.05, 4.69) is 6.92 Å². The van der Waals surface area contributed by atoms with Gasteiger partial charge in [0.15, 0.2) is 0 Å². The molecule has 0 aliphatic carbocycles. The molecule has 1 unspecified atom stereocenters. The quantitative estimate of drug-likeness (QED) is 0.921. The number of rotatable bonds is 4. The van der Waals surface area contributed by atoms with Crippen molar-refractivity contribution in [2.45, 2.75) is 32.0 Å². The van der Waals surface area contributed by atoms with Crippen molar-refractivity contribution < 1.29 is 14.6 Å². The fourth-order valence-corrected chi connectivity index (χ4v) is 2.62. The van der Waals surface area contributed by atoms with E-state index < -0.39 is 6.10 Å². The van der Waals surface area contributed by atoms with Gasteiger partial charge in [0, 0.05) is 12.0 Å². The lowest BCUT2D eigenvalue weighted by atomic mass is 9.95. The third kappa shape index (κ3) is 3.03.